The number of hydrogen-bond donors (Lipinski definition) is 1. The molecule has 116 valence electrons. The molecule has 0 atom stereocenters. The number of amides is 1. The molecule has 22 heavy (non-hydrogen) atoms. The molecule has 7 heteroatoms. The fourth-order valence-electron chi connectivity index (χ4n) is 2.13. The van der Waals surface area contributed by atoms with E-state index in [1.54, 1.807) is 10.7 Å². The number of aryl methyl sites for hydroxylation is 1. The number of aromatic nitrogens is 2. The third-order valence-electron chi connectivity index (χ3n) is 3.21. The van der Waals surface area contributed by atoms with E-state index in [1.807, 2.05) is 0 Å². The van der Waals surface area contributed by atoms with Crippen LogP contribution in [0.25, 0.3) is 0 Å². The molecule has 1 aromatic carbocycles. The van der Waals surface area contributed by atoms with Crippen molar-refractivity contribution in [2.45, 2.75) is 13.0 Å². The SMILES string of the molecule is O=C(NCCOc1ccc(F)cc1)c1cc2n(n1)CCCO2. The highest BCUT2D eigenvalue weighted by molar-refractivity contribution is 5.92. The van der Waals surface area contributed by atoms with Crippen molar-refractivity contribution in [1.82, 2.24) is 15.1 Å². The van der Waals surface area contributed by atoms with E-state index < -0.39 is 0 Å². The summed E-state index contributed by atoms with van der Waals surface area (Å²) in [6.07, 6.45) is 0.890. The minimum Gasteiger partial charge on any atom is -0.492 e. The molecule has 1 aliphatic rings. The van der Waals surface area contributed by atoms with Crippen LogP contribution in [0.4, 0.5) is 4.39 Å². The Balaban J connectivity index is 1.46. The molecule has 6 nitrogen and oxygen atoms in total. The zero-order valence-corrected chi connectivity index (χ0v) is 11.9. The first-order chi connectivity index (χ1) is 10.7. The summed E-state index contributed by atoms with van der Waals surface area (Å²) in [4.78, 5) is 12.0. The predicted octanol–water partition coefficient (Wildman–Crippen LogP) is 1.61. The van der Waals surface area contributed by atoms with Gasteiger partial charge in [0.1, 0.15) is 18.2 Å². The van der Waals surface area contributed by atoms with Gasteiger partial charge in [0.05, 0.1) is 13.2 Å². The normalized spacial score (nSPS) is 13.1. The Morgan fingerprint density at radius 3 is 3.00 bits per heavy atom. The van der Waals surface area contributed by atoms with Crippen molar-refractivity contribution < 1.29 is 18.7 Å². The van der Waals surface area contributed by atoms with Gasteiger partial charge in [0, 0.05) is 19.0 Å². The lowest BCUT2D eigenvalue weighted by Crippen LogP contribution is -2.28. The molecule has 0 aliphatic carbocycles. The van der Waals surface area contributed by atoms with Crippen LogP contribution < -0.4 is 14.8 Å². The van der Waals surface area contributed by atoms with E-state index in [-0.39, 0.29) is 11.7 Å². The number of benzene rings is 1. The van der Waals surface area contributed by atoms with Crippen molar-refractivity contribution >= 4 is 5.91 Å². The maximum atomic E-state index is 12.7. The monoisotopic (exact) mass is 305 g/mol. The standard InChI is InChI=1S/C15H16FN3O3/c16-11-2-4-12(5-3-11)21-9-6-17-15(20)13-10-14-19(18-13)7-1-8-22-14/h2-5,10H,1,6-9H2,(H,17,20). The van der Waals surface area contributed by atoms with Crippen molar-refractivity contribution in [3.8, 4) is 11.6 Å². The molecule has 1 N–H and O–H groups in total. The largest absolute Gasteiger partial charge is 0.492 e. The van der Waals surface area contributed by atoms with E-state index >= 15 is 0 Å². The van der Waals surface area contributed by atoms with Gasteiger partial charge in [0.25, 0.3) is 5.91 Å². The first-order valence-corrected chi connectivity index (χ1v) is 7.09. The van der Waals surface area contributed by atoms with Crippen LogP contribution in [0, 0.1) is 5.82 Å². The smallest absolute Gasteiger partial charge is 0.272 e. The topological polar surface area (TPSA) is 65.4 Å². The third kappa shape index (κ3) is 3.36. The second kappa shape index (κ2) is 6.46. The highest BCUT2D eigenvalue weighted by Crippen LogP contribution is 2.18. The van der Waals surface area contributed by atoms with Gasteiger partial charge in [-0.1, -0.05) is 0 Å². The maximum Gasteiger partial charge on any atom is 0.272 e. The first-order valence-electron chi connectivity index (χ1n) is 7.09. The molecule has 0 saturated carbocycles. The molecular weight excluding hydrogens is 289 g/mol. The molecular formula is C15H16FN3O3. The summed E-state index contributed by atoms with van der Waals surface area (Å²) in [5.74, 6) is 0.597. The van der Waals surface area contributed by atoms with Crippen LogP contribution in [0.15, 0.2) is 30.3 Å². The van der Waals surface area contributed by atoms with Crippen LogP contribution in [-0.4, -0.2) is 35.4 Å². The van der Waals surface area contributed by atoms with Gasteiger partial charge in [-0.2, -0.15) is 5.10 Å². The van der Waals surface area contributed by atoms with Gasteiger partial charge in [0.2, 0.25) is 5.88 Å². The molecule has 0 bridgehead atoms. The second-order valence-electron chi connectivity index (χ2n) is 4.85. The fraction of sp³-hybridized carbons (Fsp3) is 0.333. The lowest BCUT2D eigenvalue weighted by atomic mass is 10.3. The summed E-state index contributed by atoms with van der Waals surface area (Å²) in [5, 5.41) is 6.91. The Labute approximate surface area is 126 Å². The van der Waals surface area contributed by atoms with Crippen molar-refractivity contribution in [3.63, 3.8) is 0 Å². The van der Waals surface area contributed by atoms with Gasteiger partial charge in [-0.05, 0) is 24.3 Å². The van der Waals surface area contributed by atoms with E-state index in [0.29, 0.717) is 37.1 Å². The molecule has 1 amide bonds. The molecule has 0 unspecified atom stereocenters. The summed E-state index contributed by atoms with van der Waals surface area (Å²) >= 11 is 0. The van der Waals surface area contributed by atoms with Crippen LogP contribution in [0.3, 0.4) is 0 Å². The summed E-state index contributed by atoms with van der Waals surface area (Å²) in [5.41, 5.74) is 0.332. The quantitative estimate of drug-likeness (QED) is 0.852. The first kappa shape index (κ1) is 14.4. The molecule has 2 aromatic rings. The van der Waals surface area contributed by atoms with Crippen molar-refractivity contribution in [3.05, 3.63) is 41.8 Å². The second-order valence-corrected chi connectivity index (χ2v) is 4.85. The van der Waals surface area contributed by atoms with Crippen molar-refractivity contribution in [2.75, 3.05) is 19.8 Å². The average Bonchev–Trinajstić information content (AvgIpc) is 2.97. The van der Waals surface area contributed by atoms with Gasteiger partial charge < -0.3 is 14.8 Å². The van der Waals surface area contributed by atoms with Crippen LogP contribution in [-0.2, 0) is 6.54 Å². The number of rotatable bonds is 5. The molecule has 1 aliphatic heterocycles. The number of carbonyl (C=O) groups is 1. The van der Waals surface area contributed by atoms with E-state index in [1.165, 1.54) is 24.3 Å². The van der Waals surface area contributed by atoms with Gasteiger partial charge in [-0.25, -0.2) is 9.07 Å². The number of carbonyl (C=O) groups excluding carboxylic acids is 1. The Hall–Kier alpha value is -2.57. The Morgan fingerprint density at radius 2 is 2.23 bits per heavy atom. The van der Waals surface area contributed by atoms with Crippen molar-refractivity contribution in [2.24, 2.45) is 0 Å². The number of ether oxygens (including phenoxy) is 2. The van der Waals surface area contributed by atoms with E-state index in [4.69, 9.17) is 9.47 Å². The van der Waals surface area contributed by atoms with E-state index in [2.05, 4.69) is 10.4 Å². The van der Waals surface area contributed by atoms with Gasteiger partial charge in [-0.3, -0.25) is 4.79 Å². The van der Waals surface area contributed by atoms with Gasteiger partial charge >= 0.3 is 0 Å². The van der Waals surface area contributed by atoms with Crippen LogP contribution in [0.1, 0.15) is 16.9 Å². The third-order valence-corrected chi connectivity index (χ3v) is 3.21. The Bertz CT molecular complexity index is 631. The maximum absolute atomic E-state index is 12.7. The molecule has 2 heterocycles. The van der Waals surface area contributed by atoms with E-state index in [9.17, 15) is 9.18 Å². The summed E-state index contributed by atoms with van der Waals surface area (Å²) in [6.45, 7) is 2.04. The van der Waals surface area contributed by atoms with Gasteiger partial charge in [0.15, 0.2) is 5.69 Å². The minimum absolute atomic E-state index is 0.270. The molecule has 0 spiro atoms. The number of halogens is 1. The van der Waals surface area contributed by atoms with Crippen LogP contribution in [0.2, 0.25) is 0 Å². The molecule has 0 saturated heterocycles. The Morgan fingerprint density at radius 1 is 1.41 bits per heavy atom. The zero-order valence-electron chi connectivity index (χ0n) is 11.9. The lowest BCUT2D eigenvalue weighted by Gasteiger charge is -2.13. The average molecular weight is 305 g/mol. The summed E-state index contributed by atoms with van der Waals surface area (Å²) in [7, 11) is 0. The van der Waals surface area contributed by atoms with Crippen LogP contribution >= 0.6 is 0 Å². The predicted molar refractivity (Wildman–Crippen MR) is 76.6 cm³/mol. The molecule has 0 fully saturated rings. The summed E-state index contributed by atoms with van der Waals surface area (Å²) in [6, 6.07) is 7.36. The molecule has 0 radical (unpaired) electrons. The Kier molecular flexibility index (Phi) is 4.22. The summed E-state index contributed by atoms with van der Waals surface area (Å²) < 4.78 is 25.2. The fourth-order valence-corrected chi connectivity index (χ4v) is 2.13. The highest BCUT2D eigenvalue weighted by Gasteiger charge is 2.17. The number of nitrogens with one attached hydrogen (secondary N) is 1. The number of fused-ring (bicyclic) bond motifs is 1. The minimum atomic E-state index is -0.313. The molecule has 1 aromatic heterocycles. The van der Waals surface area contributed by atoms with Crippen LogP contribution in [0.5, 0.6) is 11.6 Å². The number of hydrogen-bond acceptors (Lipinski definition) is 4. The molecule has 3 rings (SSSR count). The highest BCUT2D eigenvalue weighted by atomic mass is 19.1. The van der Waals surface area contributed by atoms with E-state index in [0.717, 1.165) is 13.0 Å². The number of nitrogens with zero attached hydrogens (tertiary/aromatic N) is 2. The van der Waals surface area contributed by atoms with Gasteiger partial charge in [-0.15, -0.1) is 0 Å². The van der Waals surface area contributed by atoms with Crippen molar-refractivity contribution in [1.29, 1.82) is 0 Å². The lowest BCUT2D eigenvalue weighted by molar-refractivity contribution is 0.0941. The zero-order chi connectivity index (χ0) is 15.4.